The third kappa shape index (κ3) is 21.8. The van der Waals surface area contributed by atoms with Crippen LogP contribution < -0.4 is 0 Å². The van der Waals surface area contributed by atoms with Gasteiger partial charge in [-0.3, -0.25) is 9.59 Å². The highest BCUT2D eigenvalue weighted by molar-refractivity contribution is 6.20. The minimum atomic E-state index is -0.461. The monoisotopic (exact) mass is 432 g/mol. The summed E-state index contributed by atoms with van der Waals surface area (Å²) in [4.78, 5) is 23.2. The van der Waals surface area contributed by atoms with Crippen LogP contribution in [-0.4, -0.2) is 23.1 Å². The Hall–Kier alpha value is -0.770. The number of carbonyl (C=O) groups excluding carboxylic acids is 2. The van der Waals surface area contributed by atoms with Crippen LogP contribution in [0.4, 0.5) is 0 Å². The van der Waals surface area contributed by atoms with E-state index in [2.05, 4.69) is 0 Å². The molecule has 0 amide bonds. The van der Waals surface area contributed by atoms with Gasteiger partial charge in [0.15, 0.2) is 5.56 Å². The summed E-state index contributed by atoms with van der Waals surface area (Å²) in [6.07, 6.45) is 16.8. The lowest BCUT2D eigenvalue weighted by molar-refractivity contribution is -0.155. The lowest BCUT2D eigenvalue weighted by Crippen LogP contribution is -2.23. The van der Waals surface area contributed by atoms with Crippen molar-refractivity contribution in [3.05, 3.63) is 0 Å². The minimum Gasteiger partial charge on any atom is -0.460 e. The number of unbranched alkanes of at least 4 members (excludes halogenated alkanes) is 11. The molecule has 0 aliphatic heterocycles. The second kappa shape index (κ2) is 18.0. The zero-order valence-corrected chi connectivity index (χ0v) is 20.2. The zero-order valence-electron chi connectivity index (χ0n) is 19.4. The third-order valence-corrected chi connectivity index (χ3v) is 5.01. The molecular formula is C24H45ClO4. The molecule has 0 radical (unpaired) electrons. The molecule has 29 heavy (non-hydrogen) atoms. The molecule has 0 saturated heterocycles. The average molecular weight is 433 g/mol. The lowest BCUT2D eigenvalue weighted by atomic mass is 10.0. The predicted molar refractivity (Wildman–Crippen MR) is 121 cm³/mol. The van der Waals surface area contributed by atoms with Crippen LogP contribution in [0, 0.1) is 0 Å². The molecule has 0 bridgehead atoms. The summed E-state index contributed by atoms with van der Waals surface area (Å²) in [5.74, 6) is -0.237. The highest BCUT2D eigenvalue weighted by Crippen LogP contribution is 2.15. The summed E-state index contributed by atoms with van der Waals surface area (Å²) < 4.78 is 10.4. The number of alkyl halides is 1. The molecule has 0 heterocycles. The van der Waals surface area contributed by atoms with E-state index in [0.717, 1.165) is 38.5 Å². The van der Waals surface area contributed by atoms with Crippen LogP contribution in [0.15, 0.2) is 0 Å². The SMILES string of the molecule is CCCC(Cl)OC(=O)CCCCCCCCCCCCCCC(=O)OC(C)(C)C. The van der Waals surface area contributed by atoms with Gasteiger partial charge in [0.05, 0.1) is 0 Å². The van der Waals surface area contributed by atoms with Crippen LogP contribution in [0.25, 0.3) is 0 Å². The highest BCUT2D eigenvalue weighted by atomic mass is 35.5. The van der Waals surface area contributed by atoms with Gasteiger partial charge >= 0.3 is 11.9 Å². The standard InChI is InChI=1S/C24H45ClO4/c1-5-18-21(25)28-22(26)19-16-14-12-10-8-6-7-9-11-13-15-17-20-23(27)29-24(2,3)4/h21H,5-20H2,1-4H3. The van der Waals surface area contributed by atoms with E-state index in [1.807, 2.05) is 27.7 Å². The average Bonchev–Trinajstić information content (AvgIpc) is 2.60. The van der Waals surface area contributed by atoms with E-state index in [1.165, 1.54) is 51.4 Å². The van der Waals surface area contributed by atoms with Gasteiger partial charge in [0.25, 0.3) is 0 Å². The molecular weight excluding hydrogens is 388 g/mol. The number of rotatable bonds is 18. The van der Waals surface area contributed by atoms with Gasteiger partial charge in [-0.2, -0.15) is 0 Å². The molecule has 0 N–H and O–H groups in total. The quantitative estimate of drug-likeness (QED) is 0.126. The van der Waals surface area contributed by atoms with Crippen molar-refractivity contribution >= 4 is 23.5 Å². The Balaban J connectivity index is 3.28. The van der Waals surface area contributed by atoms with Gasteiger partial charge in [0, 0.05) is 12.8 Å². The fourth-order valence-electron chi connectivity index (χ4n) is 3.19. The Labute approximate surface area is 184 Å². The normalized spacial score (nSPS) is 12.6. The second-order valence-corrected chi connectivity index (χ2v) is 9.50. The van der Waals surface area contributed by atoms with Gasteiger partial charge in [0.2, 0.25) is 0 Å². The summed E-state index contributed by atoms with van der Waals surface area (Å²) in [5, 5.41) is 0. The minimum absolute atomic E-state index is 0.0749. The van der Waals surface area contributed by atoms with Gasteiger partial charge < -0.3 is 9.47 Å². The molecule has 0 spiro atoms. The number of hydrogen-bond acceptors (Lipinski definition) is 4. The number of esters is 2. The number of hydrogen-bond donors (Lipinski definition) is 0. The number of carbonyl (C=O) groups is 2. The molecule has 5 heteroatoms. The Morgan fingerprint density at radius 1 is 0.724 bits per heavy atom. The van der Waals surface area contributed by atoms with Crippen LogP contribution in [-0.2, 0) is 19.1 Å². The largest absolute Gasteiger partial charge is 0.460 e. The smallest absolute Gasteiger partial charge is 0.307 e. The first kappa shape index (κ1) is 28.2. The van der Waals surface area contributed by atoms with Crippen molar-refractivity contribution in [2.45, 2.75) is 142 Å². The van der Waals surface area contributed by atoms with E-state index < -0.39 is 5.56 Å². The molecule has 0 aromatic rings. The van der Waals surface area contributed by atoms with Crippen molar-refractivity contribution in [1.29, 1.82) is 0 Å². The molecule has 0 fully saturated rings. The first-order valence-electron chi connectivity index (χ1n) is 11.8. The lowest BCUT2D eigenvalue weighted by Gasteiger charge is -2.19. The number of ether oxygens (including phenoxy) is 2. The topological polar surface area (TPSA) is 52.6 Å². The van der Waals surface area contributed by atoms with Gasteiger partial charge in [-0.15, -0.1) is 0 Å². The maximum Gasteiger partial charge on any atom is 0.307 e. The van der Waals surface area contributed by atoms with Gasteiger partial charge in [-0.05, 0) is 40.0 Å². The Bertz CT molecular complexity index is 418. The van der Waals surface area contributed by atoms with Crippen molar-refractivity contribution in [2.24, 2.45) is 0 Å². The van der Waals surface area contributed by atoms with Crippen LogP contribution in [0.5, 0.6) is 0 Å². The summed E-state index contributed by atoms with van der Waals surface area (Å²) in [6, 6.07) is 0. The Kier molecular flexibility index (Phi) is 17.6. The zero-order chi connectivity index (χ0) is 22.0. The molecule has 0 aromatic heterocycles. The van der Waals surface area contributed by atoms with E-state index in [0.29, 0.717) is 12.8 Å². The summed E-state index contributed by atoms with van der Waals surface area (Å²) in [5.41, 5.74) is -0.831. The Morgan fingerprint density at radius 2 is 1.10 bits per heavy atom. The first-order chi connectivity index (χ1) is 13.7. The van der Waals surface area contributed by atoms with Crippen molar-refractivity contribution in [3.63, 3.8) is 0 Å². The van der Waals surface area contributed by atoms with E-state index in [4.69, 9.17) is 21.1 Å². The van der Waals surface area contributed by atoms with Crippen molar-refractivity contribution in [3.8, 4) is 0 Å². The molecule has 172 valence electrons. The number of halogens is 1. The van der Waals surface area contributed by atoms with Gasteiger partial charge in [-0.25, -0.2) is 0 Å². The van der Waals surface area contributed by atoms with Crippen LogP contribution in [0.3, 0.4) is 0 Å². The van der Waals surface area contributed by atoms with Crippen molar-refractivity contribution in [2.75, 3.05) is 0 Å². The van der Waals surface area contributed by atoms with Crippen molar-refractivity contribution < 1.29 is 19.1 Å². The fourth-order valence-corrected chi connectivity index (χ4v) is 3.50. The van der Waals surface area contributed by atoms with Crippen LogP contribution in [0.2, 0.25) is 0 Å². The van der Waals surface area contributed by atoms with Gasteiger partial charge in [-0.1, -0.05) is 89.2 Å². The summed E-state index contributed by atoms with van der Waals surface area (Å²) in [7, 11) is 0. The molecule has 0 aliphatic rings. The third-order valence-electron chi connectivity index (χ3n) is 4.71. The van der Waals surface area contributed by atoms with E-state index in [-0.39, 0.29) is 17.5 Å². The van der Waals surface area contributed by atoms with Crippen LogP contribution in [0.1, 0.15) is 130 Å². The molecule has 1 atom stereocenters. The molecule has 0 saturated carbocycles. The van der Waals surface area contributed by atoms with Gasteiger partial charge in [0.1, 0.15) is 5.60 Å². The van der Waals surface area contributed by atoms with Crippen molar-refractivity contribution in [1.82, 2.24) is 0 Å². The van der Waals surface area contributed by atoms with E-state index in [9.17, 15) is 9.59 Å². The second-order valence-electron chi connectivity index (χ2n) is 9.02. The molecule has 0 rings (SSSR count). The Morgan fingerprint density at radius 3 is 1.48 bits per heavy atom. The fraction of sp³-hybridized carbons (Fsp3) is 0.917. The summed E-state index contributed by atoms with van der Waals surface area (Å²) in [6.45, 7) is 7.75. The molecule has 4 nitrogen and oxygen atoms in total. The van der Waals surface area contributed by atoms with E-state index >= 15 is 0 Å². The predicted octanol–water partition coefficient (Wildman–Crippen LogP) is 7.70. The summed E-state index contributed by atoms with van der Waals surface area (Å²) >= 11 is 5.91. The van der Waals surface area contributed by atoms with E-state index in [1.54, 1.807) is 0 Å². The first-order valence-corrected chi connectivity index (χ1v) is 12.2. The highest BCUT2D eigenvalue weighted by Gasteiger charge is 2.15. The molecule has 1 unspecified atom stereocenters. The molecule has 0 aromatic carbocycles. The molecule has 0 aliphatic carbocycles. The maximum absolute atomic E-state index is 11.6. The van der Waals surface area contributed by atoms with Crippen LogP contribution >= 0.6 is 11.6 Å². The maximum atomic E-state index is 11.6.